The highest BCUT2D eigenvalue weighted by Crippen LogP contribution is 2.38. The van der Waals surface area contributed by atoms with Crippen LogP contribution in [-0.4, -0.2) is 13.7 Å². The molecule has 4 heteroatoms. The van der Waals surface area contributed by atoms with E-state index >= 15 is 0 Å². The Morgan fingerprint density at radius 2 is 2.06 bits per heavy atom. The van der Waals surface area contributed by atoms with Gasteiger partial charge in [0.2, 0.25) is 0 Å². The maximum atomic E-state index is 5.93. The van der Waals surface area contributed by atoms with E-state index in [0.29, 0.717) is 11.8 Å². The molecule has 100 valence electrons. The predicted molar refractivity (Wildman–Crippen MR) is 77.7 cm³/mol. The topological polar surface area (TPSA) is 18.5 Å². The molecule has 1 aromatic rings. The number of methoxy groups -OCH3 is 1. The summed E-state index contributed by atoms with van der Waals surface area (Å²) < 4.78 is 12.2. The summed E-state index contributed by atoms with van der Waals surface area (Å²) >= 11 is 9.37. The van der Waals surface area contributed by atoms with E-state index in [9.17, 15) is 0 Å². The molecule has 0 amide bonds. The van der Waals surface area contributed by atoms with Crippen molar-refractivity contribution in [2.24, 2.45) is 5.92 Å². The lowest BCUT2D eigenvalue weighted by Crippen LogP contribution is -2.09. The predicted octanol–water partition coefficient (Wildman–Crippen LogP) is 4.77. The van der Waals surface area contributed by atoms with E-state index in [-0.39, 0.29) is 0 Å². The Kier molecular flexibility index (Phi) is 5.19. The van der Waals surface area contributed by atoms with Gasteiger partial charge in [-0.2, -0.15) is 0 Å². The van der Waals surface area contributed by atoms with Crippen molar-refractivity contribution in [3.63, 3.8) is 0 Å². The molecular weight excluding hydrogens is 316 g/mol. The minimum Gasteiger partial charge on any atom is -0.493 e. The van der Waals surface area contributed by atoms with Crippen LogP contribution in [0.3, 0.4) is 0 Å². The van der Waals surface area contributed by atoms with E-state index in [2.05, 4.69) is 15.9 Å². The van der Waals surface area contributed by atoms with Crippen molar-refractivity contribution in [3.8, 4) is 11.5 Å². The molecule has 0 saturated heterocycles. The summed E-state index contributed by atoms with van der Waals surface area (Å²) in [5.74, 6) is 2.70. The van der Waals surface area contributed by atoms with Crippen LogP contribution >= 0.6 is 27.5 Å². The highest BCUT2D eigenvalue weighted by molar-refractivity contribution is 9.10. The summed E-state index contributed by atoms with van der Waals surface area (Å²) in [4.78, 5) is 0. The van der Waals surface area contributed by atoms with E-state index in [1.165, 1.54) is 25.7 Å². The molecule has 1 fully saturated rings. The highest BCUT2D eigenvalue weighted by Gasteiger charge is 2.18. The van der Waals surface area contributed by atoms with Crippen LogP contribution in [0, 0.1) is 5.92 Å². The summed E-state index contributed by atoms with van der Waals surface area (Å²) in [5.41, 5.74) is 1.02. The molecule has 2 nitrogen and oxygen atoms in total. The third kappa shape index (κ3) is 3.33. The van der Waals surface area contributed by atoms with E-state index in [1.807, 2.05) is 12.1 Å². The van der Waals surface area contributed by atoms with Crippen LogP contribution in [0.25, 0.3) is 0 Å². The first-order valence-corrected chi connectivity index (χ1v) is 7.62. The molecule has 0 spiro atoms. The van der Waals surface area contributed by atoms with Crippen molar-refractivity contribution < 1.29 is 9.47 Å². The van der Waals surface area contributed by atoms with Crippen LogP contribution in [0.4, 0.5) is 0 Å². The second-order valence-corrected chi connectivity index (χ2v) is 5.83. The number of hydrogen-bond acceptors (Lipinski definition) is 2. The Labute approximate surface area is 122 Å². The molecular formula is C14H18BrClO2. The van der Waals surface area contributed by atoms with Crippen molar-refractivity contribution in [1.29, 1.82) is 0 Å². The molecule has 18 heavy (non-hydrogen) atoms. The van der Waals surface area contributed by atoms with Crippen LogP contribution in [0.2, 0.25) is 0 Å². The normalized spacial score (nSPS) is 15.9. The Morgan fingerprint density at radius 1 is 1.33 bits per heavy atom. The number of benzene rings is 1. The van der Waals surface area contributed by atoms with E-state index in [1.54, 1.807) is 7.11 Å². The van der Waals surface area contributed by atoms with Crippen LogP contribution in [-0.2, 0) is 5.88 Å². The second kappa shape index (κ2) is 6.67. The Bertz CT molecular complexity index is 403. The third-order valence-corrected chi connectivity index (χ3v) is 4.28. The third-order valence-electron chi connectivity index (χ3n) is 3.38. The number of alkyl halides is 1. The SMILES string of the molecule is COc1cc(CCl)cc(Br)c1OCC1CCCC1. The fourth-order valence-corrected chi connectivity index (χ4v) is 3.13. The van der Waals surface area contributed by atoms with Gasteiger partial charge in [-0.1, -0.05) is 12.8 Å². The average Bonchev–Trinajstić information content (AvgIpc) is 2.89. The van der Waals surface area contributed by atoms with Crippen LogP contribution in [0.5, 0.6) is 11.5 Å². The Balaban J connectivity index is 2.10. The van der Waals surface area contributed by atoms with Crippen molar-refractivity contribution in [2.75, 3.05) is 13.7 Å². The first kappa shape index (κ1) is 14.0. The van der Waals surface area contributed by atoms with Crippen LogP contribution in [0.15, 0.2) is 16.6 Å². The lowest BCUT2D eigenvalue weighted by Gasteiger charge is -2.16. The van der Waals surface area contributed by atoms with Gasteiger partial charge in [-0.3, -0.25) is 0 Å². The van der Waals surface area contributed by atoms with Gasteiger partial charge in [0, 0.05) is 5.88 Å². The van der Waals surface area contributed by atoms with Crippen molar-refractivity contribution in [1.82, 2.24) is 0 Å². The molecule has 1 aliphatic carbocycles. The maximum absolute atomic E-state index is 5.93. The molecule has 0 radical (unpaired) electrons. The molecule has 1 aliphatic rings. The molecule has 1 aromatic carbocycles. The minimum atomic E-state index is 0.470. The van der Waals surface area contributed by atoms with E-state index in [4.69, 9.17) is 21.1 Å². The molecule has 0 heterocycles. The van der Waals surface area contributed by atoms with Gasteiger partial charge in [-0.05, 0) is 52.4 Å². The molecule has 0 unspecified atom stereocenters. The Hall–Kier alpha value is -0.410. The van der Waals surface area contributed by atoms with Crippen molar-refractivity contribution in [2.45, 2.75) is 31.6 Å². The van der Waals surface area contributed by atoms with Crippen LogP contribution < -0.4 is 9.47 Å². The van der Waals surface area contributed by atoms with Gasteiger partial charge in [0.05, 0.1) is 18.2 Å². The number of rotatable bonds is 5. The zero-order valence-electron chi connectivity index (χ0n) is 10.5. The van der Waals surface area contributed by atoms with Gasteiger partial charge >= 0.3 is 0 Å². The standard InChI is InChI=1S/C14H18BrClO2/c1-17-13-7-11(8-16)6-12(15)14(13)18-9-10-4-2-3-5-10/h6-7,10H,2-5,8-9H2,1H3. The average molecular weight is 334 g/mol. The summed E-state index contributed by atoms with van der Waals surface area (Å²) in [6, 6.07) is 3.92. The largest absolute Gasteiger partial charge is 0.493 e. The lowest BCUT2D eigenvalue weighted by molar-refractivity contribution is 0.239. The lowest BCUT2D eigenvalue weighted by atomic mass is 10.1. The van der Waals surface area contributed by atoms with Gasteiger partial charge in [-0.25, -0.2) is 0 Å². The minimum absolute atomic E-state index is 0.470. The first-order valence-electron chi connectivity index (χ1n) is 6.29. The monoisotopic (exact) mass is 332 g/mol. The fraction of sp³-hybridized carbons (Fsp3) is 0.571. The quantitative estimate of drug-likeness (QED) is 0.723. The van der Waals surface area contributed by atoms with Crippen molar-refractivity contribution in [3.05, 3.63) is 22.2 Å². The van der Waals surface area contributed by atoms with Crippen LogP contribution in [0.1, 0.15) is 31.2 Å². The molecule has 2 rings (SSSR count). The van der Waals surface area contributed by atoms with E-state index < -0.39 is 0 Å². The molecule has 0 bridgehead atoms. The van der Waals surface area contributed by atoms with Crippen molar-refractivity contribution >= 4 is 27.5 Å². The summed E-state index contributed by atoms with van der Waals surface area (Å²) in [7, 11) is 1.65. The van der Waals surface area contributed by atoms with Gasteiger partial charge in [0.25, 0.3) is 0 Å². The highest BCUT2D eigenvalue weighted by atomic mass is 79.9. The smallest absolute Gasteiger partial charge is 0.175 e. The fourth-order valence-electron chi connectivity index (χ4n) is 2.37. The zero-order chi connectivity index (χ0) is 13.0. The maximum Gasteiger partial charge on any atom is 0.175 e. The number of ether oxygens (including phenoxy) is 2. The first-order chi connectivity index (χ1) is 8.74. The summed E-state index contributed by atoms with van der Waals surface area (Å²) in [5, 5.41) is 0. The molecule has 0 aromatic heterocycles. The molecule has 0 N–H and O–H groups in total. The summed E-state index contributed by atoms with van der Waals surface area (Å²) in [6.07, 6.45) is 5.22. The number of halogens is 2. The van der Waals surface area contributed by atoms with Gasteiger partial charge in [0.1, 0.15) is 0 Å². The zero-order valence-corrected chi connectivity index (χ0v) is 12.9. The van der Waals surface area contributed by atoms with E-state index in [0.717, 1.165) is 28.1 Å². The second-order valence-electron chi connectivity index (χ2n) is 4.70. The van der Waals surface area contributed by atoms with Gasteiger partial charge in [-0.15, -0.1) is 11.6 Å². The van der Waals surface area contributed by atoms with Gasteiger partial charge < -0.3 is 9.47 Å². The summed E-state index contributed by atoms with van der Waals surface area (Å²) in [6.45, 7) is 0.773. The van der Waals surface area contributed by atoms with Gasteiger partial charge in [0.15, 0.2) is 11.5 Å². The molecule has 1 saturated carbocycles. The molecule has 0 aliphatic heterocycles. The molecule has 0 atom stereocenters. The Morgan fingerprint density at radius 3 is 2.67 bits per heavy atom. The number of hydrogen-bond donors (Lipinski definition) is 0.